The number of aromatic carboxylic acids is 1. The number of hydrogen-bond acceptors (Lipinski definition) is 4. The standard InChI is InChI=1S/C14H11ClN2O4/c15-10-6-8(13(16)18)3-4-9(10)7-21-11-2-1-5-17-12(11)14(19)20/h1-6H,7H2,(H2,16,18)(H,19,20). The minimum absolute atomic E-state index is 0.0455. The predicted molar refractivity (Wildman–Crippen MR) is 75.5 cm³/mol. The highest BCUT2D eigenvalue weighted by atomic mass is 35.5. The molecule has 0 spiro atoms. The largest absolute Gasteiger partial charge is 0.486 e. The maximum atomic E-state index is 11.0. The molecule has 0 radical (unpaired) electrons. The number of carboxylic acid groups (broad SMARTS) is 1. The lowest BCUT2D eigenvalue weighted by Gasteiger charge is -2.10. The fourth-order valence-electron chi connectivity index (χ4n) is 1.64. The Morgan fingerprint density at radius 2 is 2.10 bits per heavy atom. The number of carboxylic acids is 1. The summed E-state index contributed by atoms with van der Waals surface area (Å²) < 4.78 is 5.42. The van der Waals surface area contributed by atoms with Crippen molar-refractivity contribution < 1.29 is 19.4 Å². The van der Waals surface area contributed by atoms with E-state index in [1.54, 1.807) is 12.1 Å². The molecule has 0 saturated heterocycles. The molecule has 0 unspecified atom stereocenters. The number of aromatic nitrogens is 1. The Labute approximate surface area is 125 Å². The van der Waals surface area contributed by atoms with Crippen molar-refractivity contribution in [2.75, 3.05) is 0 Å². The number of carbonyl (C=O) groups is 2. The maximum Gasteiger partial charge on any atom is 0.358 e. The summed E-state index contributed by atoms with van der Waals surface area (Å²) in [7, 11) is 0. The van der Waals surface area contributed by atoms with Crippen LogP contribution in [0.15, 0.2) is 36.5 Å². The number of pyridine rings is 1. The molecule has 6 nitrogen and oxygen atoms in total. The smallest absolute Gasteiger partial charge is 0.358 e. The zero-order valence-corrected chi connectivity index (χ0v) is 11.5. The van der Waals surface area contributed by atoms with E-state index >= 15 is 0 Å². The summed E-state index contributed by atoms with van der Waals surface area (Å²) in [5.41, 5.74) is 5.86. The van der Waals surface area contributed by atoms with E-state index in [4.69, 9.17) is 27.2 Å². The van der Waals surface area contributed by atoms with Crippen molar-refractivity contribution in [2.45, 2.75) is 6.61 Å². The number of amides is 1. The summed E-state index contributed by atoms with van der Waals surface area (Å²) in [5, 5.41) is 9.31. The highest BCUT2D eigenvalue weighted by Crippen LogP contribution is 2.22. The van der Waals surface area contributed by atoms with E-state index in [0.29, 0.717) is 10.6 Å². The molecule has 0 fully saturated rings. The van der Waals surface area contributed by atoms with Crippen LogP contribution in [-0.2, 0) is 6.61 Å². The van der Waals surface area contributed by atoms with Gasteiger partial charge in [0.1, 0.15) is 6.61 Å². The van der Waals surface area contributed by atoms with Gasteiger partial charge in [0.15, 0.2) is 11.4 Å². The Bertz CT molecular complexity index is 703. The van der Waals surface area contributed by atoms with Gasteiger partial charge >= 0.3 is 5.97 Å². The topological polar surface area (TPSA) is 103 Å². The normalized spacial score (nSPS) is 10.1. The molecule has 0 bridgehead atoms. The number of nitrogens with zero attached hydrogens (tertiary/aromatic N) is 1. The van der Waals surface area contributed by atoms with E-state index in [0.717, 1.165) is 0 Å². The SMILES string of the molecule is NC(=O)c1ccc(COc2cccnc2C(=O)O)c(Cl)c1. The average Bonchev–Trinajstić information content (AvgIpc) is 2.46. The average molecular weight is 307 g/mol. The van der Waals surface area contributed by atoms with Crippen LogP contribution in [0.5, 0.6) is 5.75 Å². The first kappa shape index (κ1) is 14.8. The van der Waals surface area contributed by atoms with E-state index in [9.17, 15) is 9.59 Å². The molecule has 1 aromatic carbocycles. The molecule has 1 aromatic heterocycles. The summed E-state index contributed by atoms with van der Waals surface area (Å²) in [4.78, 5) is 25.8. The minimum Gasteiger partial charge on any atom is -0.486 e. The van der Waals surface area contributed by atoms with Gasteiger partial charge < -0.3 is 15.6 Å². The summed E-state index contributed by atoms with van der Waals surface area (Å²) in [6, 6.07) is 7.62. The zero-order chi connectivity index (χ0) is 15.4. The van der Waals surface area contributed by atoms with Crippen LogP contribution in [0.2, 0.25) is 5.02 Å². The maximum absolute atomic E-state index is 11.0. The molecular weight excluding hydrogens is 296 g/mol. The second-order valence-corrected chi connectivity index (χ2v) is 4.52. The van der Waals surface area contributed by atoms with Crippen molar-refractivity contribution in [1.29, 1.82) is 0 Å². The molecule has 7 heteroatoms. The highest BCUT2D eigenvalue weighted by Gasteiger charge is 2.13. The molecule has 1 heterocycles. The first-order valence-electron chi connectivity index (χ1n) is 5.88. The molecule has 108 valence electrons. The number of hydrogen-bond donors (Lipinski definition) is 2. The molecule has 2 rings (SSSR count). The summed E-state index contributed by atoms with van der Waals surface area (Å²) in [6.45, 7) is 0.0455. The Kier molecular flexibility index (Phi) is 4.39. The van der Waals surface area contributed by atoms with Crippen molar-refractivity contribution >= 4 is 23.5 Å². The highest BCUT2D eigenvalue weighted by molar-refractivity contribution is 6.31. The Morgan fingerprint density at radius 1 is 1.33 bits per heavy atom. The number of halogens is 1. The monoisotopic (exact) mass is 306 g/mol. The fourth-order valence-corrected chi connectivity index (χ4v) is 1.88. The van der Waals surface area contributed by atoms with E-state index in [2.05, 4.69) is 4.98 Å². The van der Waals surface area contributed by atoms with Gasteiger partial charge in [-0.25, -0.2) is 9.78 Å². The molecule has 0 aliphatic heterocycles. The molecule has 3 N–H and O–H groups in total. The molecule has 0 saturated carbocycles. The number of nitrogens with two attached hydrogens (primary N) is 1. The van der Waals surface area contributed by atoms with Crippen molar-refractivity contribution in [3.8, 4) is 5.75 Å². The van der Waals surface area contributed by atoms with Gasteiger partial charge in [0.05, 0.1) is 0 Å². The quantitative estimate of drug-likeness (QED) is 0.880. The van der Waals surface area contributed by atoms with Crippen molar-refractivity contribution in [1.82, 2.24) is 4.98 Å². The van der Waals surface area contributed by atoms with Gasteiger partial charge in [0, 0.05) is 22.3 Å². The van der Waals surface area contributed by atoms with Gasteiger partial charge in [-0.3, -0.25) is 4.79 Å². The van der Waals surface area contributed by atoms with Gasteiger partial charge in [-0.05, 0) is 24.3 Å². The lowest BCUT2D eigenvalue weighted by Crippen LogP contribution is -2.11. The molecule has 0 atom stereocenters. The summed E-state index contributed by atoms with van der Waals surface area (Å²) >= 11 is 6.02. The number of ether oxygens (including phenoxy) is 1. The Balaban J connectivity index is 2.17. The van der Waals surface area contributed by atoms with Gasteiger partial charge in [-0.2, -0.15) is 0 Å². The van der Waals surface area contributed by atoms with Crippen LogP contribution >= 0.6 is 11.6 Å². The lowest BCUT2D eigenvalue weighted by molar-refractivity contribution is 0.0684. The van der Waals surface area contributed by atoms with E-state index in [1.807, 2.05) is 0 Å². The van der Waals surface area contributed by atoms with Crippen LogP contribution in [0, 0.1) is 0 Å². The van der Waals surface area contributed by atoms with Crippen LogP contribution < -0.4 is 10.5 Å². The number of rotatable bonds is 5. The van der Waals surface area contributed by atoms with Crippen molar-refractivity contribution in [2.24, 2.45) is 5.73 Å². The fraction of sp³-hybridized carbons (Fsp3) is 0.0714. The number of benzene rings is 1. The Morgan fingerprint density at radius 3 is 2.71 bits per heavy atom. The Hall–Kier alpha value is -2.60. The van der Waals surface area contributed by atoms with Gasteiger partial charge in [-0.1, -0.05) is 17.7 Å². The van der Waals surface area contributed by atoms with E-state index in [1.165, 1.54) is 24.4 Å². The summed E-state index contributed by atoms with van der Waals surface area (Å²) in [6.07, 6.45) is 1.37. The molecule has 0 aliphatic rings. The predicted octanol–water partition coefficient (Wildman–Crippen LogP) is 2.11. The van der Waals surface area contributed by atoms with Crippen LogP contribution in [-0.4, -0.2) is 22.0 Å². The molecule has 1 amide bonds. The second-order valence-electron chi connectivity index (χ2n) is 4.11. The van der Waals surface area contributed by atoms with Crippen LogP contribution in [0.1, 0.15) is 26.4 Å². The van der Waals surface area contributed by atoms with Gasteiger partial charge in [-0.15, -0.1) is 0 Å². The molecule has 21 heavy (non-hydrogen) atoms. The first-order valence-corrected chi connectivity index (χ1v) is 6.26. The third-order valence-corrected chi connectivity index (χ3v) is 3.05. The van der Waals surface area contributed by atoms with Crippen LogP contribution in [0.25, 0.3) is 0 Å². The summed E-state index contributed by atoms with van der Waals surface area (Å²) in [5.74, 6) is -1.62. The zero-order valence-electron chi connectivity index (χ0n) is 10.7. The third-order valence-electron chi connectivity index (χ3n) is 2.69. The van der Waals surface area contributed by atoms with Crippen LogP contribution in [0.3, 0.4) is 0 Å². The van der Waals surface area contributed by atoms with Crippen molar-refractivity contribution in [3.05, 3.63) is 58.4 Å². The second kappa shape index (κ2) is 6.23. The third kappa shape index (κ3) is 3.49. The molecule has 2 aromatic rings. The molecular formula is C14H11ClN2O4. The van der Waals surface area contributed by atoms with Gasteiger partial charge in [0.25, 0.3) is 0 Å². The van der Waals surface area contributed by atoms with Crippen molar-refractivity contribution in [3.63, 3.8) is 0 Å². The number of carbonyl (C=O) groups excluding carboxylic acids is 1. The van der Waals surface area contributed by atoms with Gasteiger partial charge in [0.2, 0.25) is 5.91 Å². The van der Waals surface area contributed by atoms with E-state index in [-0.39, 0.29) is 23.6 Å². The van der Waals surface area contributed by atoms with E-state index < -0.39 is 11.9 Å². The minimum atomic E-state index is -1.18. The van der Waals surface area contributed by atoms with Crippen LogP contribution in [0.4, 0.5) is 0 Å². The number of primary amides is 1. The lowest BCUT2D eigenvalue weighted by atomic mass is 10.1. The first-order chi connectivity index (χ1) is 9.99. The molecule has 0 aliphatic carbocycles.